The van der Waals surface area contributed by atoms with E-state index in [4.69, 9.17) is 9.47 Å². The van der Waals surface area contributed by atoms with Crippen molar-refractivity contribution in [2.24, 2.45) is 12.5 Å². The Kier molecular flexibility index (Phi) is 4.62. The number of piperidine rings is 1. The monoisotopic (exact) mass is 293 g/mol. The van der Waals surface area contributed by atoms with E-state index in [1.165, 1.54) is 12.0 Å². The van der Waals surface area contributed by atoms with E-state index in [2.05, 4.69) is 23.1 Å². The second kappa shape index (κ2) is 6.46. The minimum absolute atomic E-state index is 0.189. The zero-order chi connectivity index (χ0) is 14.7. The number of aromatic nitrogens is 2. The van der Waals surface area contributed by atoms with Gasteiger partial charge in [0.2, 0.25) is 0 Å². The van der Waals surface area contributed by atoms with E-state index in [1.54, 1.807) is 0 Å². The van der Waals surface area contributed by atoms with Gasteiger partial charge in [0, 0.05) is 57.1 Å². The van der Waals surface area contributed by atoms with Gasteiger partial charge in [0.1, 0.15) is 0 Å². The summed E-state index contributed by atoms with van der Waals surface area (Å²) in [6.45, 7) is 7.77. The molecule has 0 saturated carbocycles. The minimum Gasteiger partial charge on any atom is -0.381 e. The average Bonchev–Trinajstić information content (AvgIpc) is 2.90. The highest BCUT2D eigenvalue weighted by atomic mass is 16.5. The molecule has 21 heavy (non-hydrogen) atoms. The van der Waals surface area contributed by atoms with Gasteiger partial charge in [-0.15, -0.1) is 0 Å². The zero-order valence-corrected chi connectivity index (χ0v) is 13.3. The van der Waals surface area contributed by atoms with Gasteiger partial charge in [0.05, 0.1) is 18.9 Å². The molecular formula is C16H27N3O2. The molecule has 2 atom stereocenters. The van der Waals surface area contributed by atoms with Crippen LogP contribution in [0.25, 0.3) is 0 Å². The summed E-state index contributed by atoms with van der Waals surface area (Å²) >= 11 is 0. The summed E-state index contributed by atoms with van der Waals surface area (Å²) in [7, 11) is 1.97. The summed E-state index contributed by atoms with van der Waals surface area (Å²) in [6, 6.07) is 0. The molecule has 3 rings (SSSR count). The van der Waals surface area contributed by atoms with E-state index >= 15 is 0 Å². The molecule has 5 nitrogen and oxygen atoms in total. The first-order valence-electron chi connectivity index (χ1n) is 8.11. The highest BCUT2D eigenvalue weighted by Gasteiger charge is 2.46. The molecule has 0 N–H and O–H groups in total. The van der Waals surface area contributed by atoms with Crippen molar-refractivity contribution in [3.05, 3.63) is 18.0 Å². The molecule has 0 aromatic carbocycles. The first kappa shape index (κ1) is 15.0. The van der Waals surface area contributed by atoms with Crippen LogP contribution in [0.4, 0.5) is 0 Å². The molecule has 0 unspecified atom stereocenters. The van der Waals surface area contributed by atoms with Gasteiger partial charge in [0.15, 0.2) is 0 Å². The highest BCUT2D eigenvalue weighted by molar-refractivity contribution is 5.05. The molecule has 0 aliphatic carbocycles. The third-order valence-corrected chi connectivity index (χ3v) is 4.83. The maximum atomic E-state index is 6.06. The fraction of sp³-hybridized carbons (Fsp3) is 0.812. The zero-order valence-electron chi connectivity index (χ0n) is 13.3. The number of rotatable bonds is 5. The largest absolute Gasteiger partial charge is 0.381 e. The van der Waals surface area contributed by atoms with Crippen LogP contribution >= 0.6 is 0 Å². The van der Waals surface area contributed by atoms with Gasteiger partial charge in [0.25, 0.3) is 0 Å². The van der Waals surface area contributed by atoms with Crippen LogP contribution in [0.5, 0.6) is 0 Å². The van der Waals surface area contributed by atoms with Crippen molar-refractivity contribution in [3.63, 3.8) is 0 Å². The first-order chi connectivity index (χ1) is 10.2. The van der Waals surface area contributed by atoms with Crippen molar-refractivity contribution in [3.8, 4) is 0 Å². The lowest BCUT2D eigenvalue weighted by atomic mass is 9.73. The van der Waals surface area contributed by atoms with Crippen molar-refractivity contribution < 1.29 is 9.47 Å². The number of ether oxygens (including phenoxy) is 2. The number of likely N-dealkylation sites (tertiary alicyclic amines) is 1. The van der Waals surface area contributed by atoms with Crippen molar-refractivity contribution >= 4 is 0 Å². The Morgan fingerprint density at radius 2 is 2.43 bits per heavy atom. The summed E-state index contributed by atoms with van der Waals surface area (Å²) in [5, 5.41) is 4.27. The van der Waals surface area contributed by atoms with Crippen LogP contribution in [0, 0.1) is 5.41 Å². The molecular weight excluding hydrogens is 266 g/mol. The second-order valence-electron chi connectivity index (χ2n) is 6.48. The maximum absolute atomic E-state index is 6.06. The third-order valence-electron chi connectivity index (χ3n) is 4.83. The van der Waals surface area contributed by atoms with Gasteiger partial charge >= 0.3 is 0 Å². The maximum Gasteiger partial charge on any atom is 0.0677 e. The summed E-state index contributed by atoms with van der Waals surface area (Å²) in [4.78, 5) is 2.54. The Morgan fingerprint density at radius 1 is 1.52 bits per heavy atom. The summed E-state index contributed by atoms with van der Waals surface area (Å²) in [6.07, 6.45) is 7.96. The summed E-state index contributed by atoms with van der Waals surface area (Å²) in [5.74, 6) is 0. The summed E-state index contributed by atoms with van der Waals surface area (Å²) < 4.78 is 13.8. The summed E-state index contributed by atoms with van der Waals surface area (Å²) in [5.41, 5.74) is 1.48. The van der Waals surface area contributed by atoms with Crippen molar-refractivity contribution in [1.29, 1.82) is 0 Å². The van der Waals surface area contributed by atoms with Crippen LogP contribution in [0.1, 0.15) is 31.7 Å². The van der Waals surface area contributed by atoms with Crippen LogP contribution in [0.15, 0.2) is 12.4 Å². The van der Waals surface area contributed by atoms with E-state index in [-0.39, 0.29) is 5.41 Å². The molecule has 0 spiro atoms. The lowest BCUT2D eigenvalue weighted by Crippen LogP contribution is -2.56. The molecule has 0 amide bonds. The molecule has 2 aliphatic heterocycles. The topological polar surface area (TPSA) is 39.5 Å². The van der Waals surface area contributed by atoms with Crippen LogP contribution in [-0.4, -0.2) is 53.7 Å². The fourth-order valence-corrected chi connectivity index (χ4v) is 3.84. The van der Waals surface area contributed by atoms with Gasteiger partial charge < -0.3 is 9.47 Å². The lowest BCUT2D eigenvalue weighted by molar-refractivity contribution is -0.153. The van der Waals surface area contributed by atoms with Crippen molar-refractivity contribution in [2.75, 3.05) is 32.9 Å². The SMILES string of the molecule is CCOC[C@@]12CCCO[C@H]1CCN(Cc1cnn(C)c1)C2. The van der Waals surface area contributed by atoms with Crippen molar-refractivity contribution in [2.45, 2.75) is 38.8 Å². The van der Waals surface area contributed by atoms with Crippen LogP contribution in [0.2, 0.25) is 0 Å². The number of aryl methyl sites for hydroxylation is 1. The Hall–Kier alpha value is -0.910. The van der Waals surface area contributed by atoms with Crippen LogP contribution < -0.4 is 0 Å². The van der Waals surface area contributed by atoms with Gasteiger partial charge in [-0.2, -0.15) is 5.10 Å². The molecule has 118 valence electrons. The molecule has 2 fully saturated rings. The van der Waals surface area contributed by atoms with Crippen molar-refractivity contribution in [1.82, 2.24) is 14.7 Å². The molecule has 0 bridgehead atoms. The standard InChI is InChI=1S/C16H27N3O2/c1-3-20-13-16-6-4-8-21-15(16)5-7-19(12-16)11-14-9-17-18(2)10-14/h9-10,15H,3-8,11-13H2,1-2H3/t15-,16-/m0/s1. The van der Waals surface area contributed by atoms with Gasteiger partial charge in [-0.05, 0) is 26.2 Å². The number of hydrogen-bond acceptors (Lipinski definition) is 4. The molecule has 0 radical (unpaired) electrons. The lowest BCUT2D eigenvalue weighted by Gasteiger charge is -2.50. The van der Waals surface area contributed by atoms with E-state index < -0.39 is 0 Å². The fourth-order valence-electron chi connectivity index (χ4n) is 3.84. The third kappa shape index (κ3) is 3.30. The van der Waals surface area contributed by atoms with E-state index in [9.17, 15) is 0 Å². The average molecular weight is 293 g/mol. The van der Waals surface area contributed by atoms with Crippen LogP contribution in [0.3, 0.4) is 0 Å². The second-order valence-corrected chi connectivity index (χ2v) is 6.48. The molecule has 2 aliphatic rings. The quantitative estimate of drug-likeness (QED) is 0.830. The van der Waals surface area contributed by atoms with Crippen LogP contribution in [-0.2, 0) is 23.1 Å². The predicted molar refractivity (Wildman–Crippen MR) is 81.0 cm³/mol. The normalized spacial score (nSPS) is 30.3. The molecule has 5 heteroatoms. The molecule has 2 saturated heterocycles. The van der Waals surface area contributed by atoms with E-state index in [1.807, 2.05) is 17.9 Å². The number of hydrogen-bond donors (Lipinski definition) is 0. The van der Waals surface area contributed by atoms with E-state index in [0.29, 0.717) is 6.10 Å². The highest BCUT2D eigenvalue weighted by Crippen LogP contribution is 2.40. The predicted octanol–water partition coefficient (Wildman–Crippen LogP) is 1.83. The minimum atomic E-state index is 0.189. The number of nitrogens with zero attached hydrogens (tertiary/aromatic N) is 3. The first-order valence-corrected chi connectivity index (χ1v) is 8.11. The molecule has 1 aromatic heterocycles. The Labute approximate surface area is 127 Å². The Morgan fingerprint density at radius 3 is 3.19 bits per heavy atom. The van der Waals surface area contributed by atoms with Gasteiger partial charge in [-0.1, -0.05) is 0 Å². The Balaban J connectivity index is 1.68. The number of fused-ring (bicyclic) bond motifs is 1. The van der Waals surface area contributed by atoms with Gasteiger partial charge in [-0.25, -0.2) is 0 Å². The Bertz CT molecular complexity index is 462. The molecule has 1 aromatic rings. The molecule has 3 heterocycles. The smallest absolute Gasteiger partial charge is 0.0677 e. The van der Waals surface area contributed by atoms with Gasteiger partial charge in [-0.3, -0.25) is 9.58 Å². The van der Waals surface area contributed by atoms with E-state index in [0.717, 1.165) is 52.3 Å².